The van der Waals surface area contributed by atoms with E-state index in [2.05, 4.69) is 10.5 Å². The van der Waals surface area contributed by atoms with Crippen molar-refractivity contribution < 1.29 is 9.53 Å². The molecule has 0 aliphatic carbocycles. The average molecular weight is 338 g/mol. The summed E-state index contributed by atoms with van der Waals surface area (Å²) in [5.74, 6) is 0.378. The number of amides is 1. The van der Waals surface area contributed by atoms with Crippen LogP contribution in [0.5, 0.6) is 5.75 Å². The highest BCUT2D eigenvalue weighted by Crippen LogP contribution is 2.21. The standard InChI is InChI=1S/C19H18N2O2S/c1-13-9-10-24-18(13)12-20-21-19(22)14(2)23-17-8-7-15-5-3-4-6-16(15)11-17/h3-12,14H,1-2H3,(H,21,22)/b20-12+. The normalized spacial score (nSPS) is 12.4. The number of hydrogen-bond donors (Lipinski definition) is 1. The van der Waals surface area contributed by atoms with E-state index in [1.54, 1.807) is 24.5 Å². The molecule has 0 spiro atoms. The van der Waals surface area contributed by atoms with Crippen LogP contribution in [0.25, 0.3) is 10.8 Å². The number of nitrogens with zero attached hydrogens (tertiary/aromatic N) is 1. The van der Waals surface area contributed by atoms with Gasteiger partial charge in [0.05, 0.1) is 6.21 Å². The van der Waals surface area contributed by atoms with Gasteiger partial charge in [-0.15, -0.1) is 11.3 Å². The van der Waals surface area contributed by atoms with Gasteiger partial charge in [0.15, 0.2) is 6.10 Å². The third kappa shape index (κ3) is 3.81. The maximum atomic E-state index is 12.1. The number of rotatable bonds is 5. The number of carbonyl (C=O) groups excluding carboxylic acids is 1. The number of nitrogens with one attached hydrogen (secondary N) is 1. The zero-order chi connectivity index (χ0) is 16.9. The second kappa shape index (κ2) is 7.27. The maximum absolute atomic E-state index is 12.1. The molecule has 0 fully saturated rings. The minimum absolute atomic E-state index is 0.284. The van der Waals surface area contributed by atoms with Gasteiger partial charge >= 0.3 is 0 Å². The number of carbonyl (C=O) groups is 1. The summed E-state index contributed by atoms with van der Waals surface area (Å²) in [5.41, 5.74) is 3.65. The summed E-state index contributed by atoms with van der Waals surface area (Å²) in [4.78, 5) is 13.1. The summed E-state index contributed by atoms with van der Waals surface area (Å²) in [6, 6.07) is 15.8. The van der Waals surface area contributed by atoms with Gasteiger partial charge in [-0.05, 0) is 53.8 Å². The molecular formula is C19H18N2O2S. The zero-order valence-corrected chi connectivity index (χ0v) is 14.3. The van der Waals surface area contributed by atoms with Crippen LogP contribution in [0.3, 0.4) is 0 Å². The fraction of sp³-hybridized carbons (Fsp3) is 0.158. The van der Waals surface area contributed by atoms with E-state index in [9.17, 15) is 4.79 Å². The van der Waals surface area contributed by atoms with Crippen molar-refractivity contribution in [1.29, 1.82) is 0 Å². The highest BCUT2D eigenvalue weighted by Gasteiger charge is 2.14. The first-order valence-electron chi connectivity index (χ1n) is 7.66. The Balaban J connectivity index is 1.60. The second-order valence-corrected chi connectivity index (χ2v) is 6.42. The van der Waals surface area contributed by atoms with E-state index < -0.39 is 6.10 Å². The van der Waals surface area contributed by atoms with Gasteiger partial charge in [0.2, 0.25) is 0 Å². The molecule has 122 valence electrons. The van der Waals surface area contributed by atoms with Crippen LogP contribution in [0.15, 0.2) is 59.0 Å². The second-order valence-electron chi connectivity index (χ2n) is 5.47. The van der Waals surface area contributed by atoms with E-state index in [-0.39, 0.29) is 5.91 Å². The molecule has 2 aromatic carbocycles. The Hall–Kier alpha value is -2.66. The quantitative estimate of drug-likeness (QED) is 0.562. The molecule has 1 heterocycles. The van der Waals surface area contributed by atoms with Gasteiger partial charge in [0, 0.05) is 4.88 Å². The molecule has 0 radical (unpaired) electrons. The van der Waals surface area contributed by atoms with Gasteiger partial charge in [-0.3, -0.25) is 4.79 Å². The van der Waals surface area contributed by atoms with Crippen molar-refractivity contribution in [3.05, 3.63) is 64.4 Å². The summed E-state index contributed by atoms with van der Waals surface area (Å²) in [7, 11) is 0. The first-order valence-corrected chi connectivity index (χ1v) is 8.54. The predicted octanol–water partition coefficient (Wildman–Crippen LogP) is 4.13. The molecule has 1 amide bonds. The minimum atomic E-state index is -0.632. The topological polar surface area (TPSA) is 50.7 Å². The van der Waals surface area contributed by atoms with Crippen molar-refractivity contribution in [3.8, 4) is 5.75 Å². The smallest absolute Gasteiger partial charge is 0.280 e. The Labute approximate surface area is 144 Å². The lowest BCUT2D eigenvalue weighted by atomic mass is 10.1. The Morgan fingerprint density at radius 2 is 2.00 bits per heavy atom. The molecule has 5 heteroatoms. The Morgan fingerprint density at radius 1 is 1.21 bits per heavy atom. The van der Waals surface area contributed by atoms with Gasteiger partial charge in [0.1, 0.15) is 5.75 Å². The molecule has 0 bridgehead atoms. The number of aryl methyl sites for hydroxylation is 1. The Kier molecular flexibility index (Phi) is 4.91. The molecule has 1 N–H and O–H groups in total. The SMILES string of the molecule is Cc1ccsc1/C=N/NC(=O)C(C)Oc1ccc2ccccc2c1. The first kappa shape index (κ1) is 16.2. The summed E-state index contributed by atoms with van der Waals surface area (Å²) in [6.07, 6.45) is 1.02. The molecule has 0 saturated heterocycles. The van der Waals surface area contributed by atoms with Gasteiger partial charge in [-0.25, -0.2) is 5.43 Å². The van der Waals surface area contributed by atoms with Crippen LogP contribution >= 0.6 is 11.3 Å². The van der Waals surface area contributed by atoms with E-state index in [1.807, 2.05) is 60.8 Å². The summed E-state index contributed by atoms with van der Waals surface area (Å²) in [5, 5.41) is 8.20. The number of benzene rings is 2. The highest BCUT2D eigenvalue weighted by atomic mass is 32.1. The highest BCUT2D eigenvalue weighted by molar-refractivity contribution is 7.11. The van der Waals surface area contributed by atoms with E-state index in [0.717, 1.165) is 21.2 Å². The third-order valence-corrected chi connectivity index (χ3v) is 4.61. The number of thiophene rings is 1. The van der Waals surface area contributed by atoms with E-state index in [0.29, 0.717) is 5.75 Å². The monoisotopic (exact) mass is 338 g/mol. The lowest BCUT2D eigenvalue weighted by Crippen LogP contribution is -2.33. The molecule has 0 saturated carbocycles. The molecule has 0 aliphatic rings. The van der Waals surface area contributed by atoms with Crippen LogP contribution in [0, 0.1) is 6.92 Å². The van der Waals surface area contributed by atoms with Crippen LogP contribution in [0.1, 0.15) is 17.4 Å². The third-order valence-electron chi connectivity index (χ3n) is 3.66. The van der Waals surface area contributed by atoms with Crippen LogP contribution in [-0.2, 0) is 4.79 Å². The lowest BCUT2D eigenvalue weighted by Gasteiger charge is -2.13. The minimum Gasteiger partial charge on any atom is -0.481 e. The van der Waals surface area contributed by atoms with Crippen molar-refractivity contribution in [2.24, 2.45) is 5.10 Å². The largest absolute Gasteiger partial charge is 0.481 e. The average Bonchev–Trinajstić information content (AvgIpc) is 2.99. The molecule has 3 aromatic rings. The van der Waals surface area contributed by atoms with E-state index >= 15 is 0 Å². The molecule has 1 aromatic heterocycles. The molecule has 3 rings (SSSR count). The van der Waals surface area contributed by atoms with Gasteiger partial charge in [-0.1, -0.05) is 30.3 Å². The molecule has 4 nitrogen and oxygen atoms in total. The zero-order valence-electron chi connectivity index (χ0n) is 13.5. The van der Waals surface area contributed by atoms with E-state index in [4.69, 9.17) is 4.74 Å². The van der Waals surface area contributed by atoms with Crippen LogP contribution in [0.2, 0.25) is 0 Å². The fourth-order valence-corrected chi connectivity index (χ4v) is 3.05. The van der Waals surface area contributed by atoms with Crippen molar-refractivity contribution in [2.75, 3.05) is 0 Å². The Morgan fingerprint density at radius 3 is 2.75 bits per heavy atom. The number of hydrogen-bond acceptors (Lipinski definition) is 4. The first-order chi connectivity index (χ1) is 11.6. The van der Waals surface area contributed by atoms with Gasteiger partial charge in [-0.2, -0.15) is 5.10 Å². The molecule has 1 unspecified atom stereocenters. The maximum Gasteiger partial charge on any atom is 0.280 e. The van der Waals surface area contributed by atoms with Crippen molar-refractivity contribution >= 4 is 34.2 Å². The predicted molar refractivity (Wildman–Crippen MR) is 98.8 cm³/mol. The Bertz CT molecular complexity index is 886. The fourth-order valence-electron chi connectivity index (χ4n) is 2.26. The number of hydrazone groups is 1. The van der Waals surface area contributed by atoms with Crippen molar-refractivity contribution in [2.45, 2.75) is 20.0 Å². The van der Waals surface area contributed by atoms with E-state index in [1.165, 1.54) is 0 Å². The summed E-state index contributed by atoms with van der Waals surface area (Å²) >= 11 is 1.58. The number of fused-ring (bicyclic) bond motifs is 1. The molecular weight excluding hydrogens is 320 g/mol. The van der Waals surface area contributed by atoms with Crippen LogP contribution in [0.4, 0.5) is 0 Å². The molecule has 0 aliphatic heterocycles. The van der Waals surface area contributed by atoms with Gasteiger partial charge in [0.25, 0.3) is 5.91 Å². The van der Waals surface area contributed by atoms with Crippen molar-refractivity contribution in [3.63, 3.8) is 0 Å². The van der Waals surface area contributed by atoms with Crippen LogP contribution in [-0.4, -0.2) is 18.2 Å². The van der Waals surface area contributed by atoms with Crippen LogP contribution < -0.4 is 10.2 Å². The molecule has 1 atom stereocenters. The number of ether oxygens (including phenoxy) is 1. The molecule has 24 heavy (non-hydrogen) atoms. The van der Waals surface area contributed by atoms with Gasteiger partial charge < -0.3 is 4.74 Å². The summed E-state index contributed by atoms with van der Waals surface area (Å²) in [6.45, 7) is 3.71. The summed E-state index contributed by atoms with van der Waals surface area (Å²) < 4.78 is 5.71. The van der Waals surface area contributed by atoms with Crippen molar-refractivity contribution in [1.82, 2.24) is 5.43 Å². The lowest BCUT2D eigenvalue weighted by molar-refractivity contribution is -0.127.